The molecule has 0 heterocycles. The first-order valence-electron chi connectivity index (χ1n) is 6.02. The summed E-state index contributed by atoms with van der Waals surface area (Å²) in [6.07, 6.45) is 6.51. The summed E-state index contributed by atoms with van der Waals surface area (Å²) < 4.78 is 0. The Labute approximate surface area is 113 Å². The normalized spacial score (nSPS) is 14.2. The van der Waals surface area contributed by atoms with Crippen LogP contribution in [0.5, 0.6) is 0 Å². The molecule has 4 heteroatoms. The summed E-state index contributed by atoms with van der Waals surface area (Å²) in [5, 5.41) is 10.8. The van der Waals surface area contributed by atoms with Crippen molar-refractivity contribution in [1.82, 2.24) is 0 Å². The van der Waals surface area contributed by atoms with Gasteiger partial charge in [-0.15, -0.1) is 0 Å². The lowest BCUT2D eigenvalue weighted by Crippen LogP contribution is -2.00. The first kappa shape index (κ1) is 15.0. The highest BCUT2D eigenvalue weighted by Crippen LogP contribution is 2.34. The quantitative estimate of drug-likeness (QED) is 0.499. The van der Waals surface area contributed by atoms with E-state index in [4.69, 9.17) is 5.73 Å². The van der Waals surface area contributed by atoms with Crippen molar-refractivity contribution in [1.29, 1.82) is 0 Å². The minimum atomic E-state index is -0.411. The fraction of sp³-hybridized carbons (Fsp3) is 0.333. The molecule has 0 unspecified atom stereocenters. The lowest BCUT2D eigenvalue weighted by atomic mass is 9.90. The molecule has 2 rings (SSSR count). The van der Waals surface area contributed by atoms with Crippen molar-refractivity contribution in [2.75, 3.05) is 5.73 Å². The number of nitrogens with zero attached hydrogens (tertiary/aromatic N) is 1. The lowest BCUT2D eigenvalue weighted by molar-refractivity contribution is -0.384. The highest BCUT2D eigenvalue weighted by Gasteiger charge is 2.15. The number of hydrogen-bond donors (Lipinski definition) is 1. The van der Waals surface area contributed by atoms with E-state index in [0.717, 1.165) is 30.4 Å². The Balaban J connectivity index is 0.00000180. The average molecular weight is 260 g/mol. The molecule has 19 heavy (non-hydrogen) atoms. The molecule has 1 aliphatic carbocycles. The third-order valence-corrected chi connectivity index (χ3v) is 3.25. The van der Waals surface area contributed by atoms with Gasteiger partial charge in [0.2, 0.25) is 0 Å². The van der Waals surface area contributed by atoms with Crippen LogP contribution in [0.25, 0.3) is 5.57 Å². The van der Waals surface area contributed by atoms with Crippen LogP contribution in [0.15, 0.2) is 36.4 Å². The third kappa shape index (κ3) is 3.22. The van der Waals surface area contributed by atoms with E-state index in [1.807, 2.05) is 0 Å². The van der Waals surface area contributed by atoms with E-state index in [1.165, 1.54) is 18.6 Å². The zero-order valence-corrected chi connectivity index (χ0v) is 10.2. The standard InChI is InChI=1S/C14H16N2O2.CH4/c1-10(11-5-3-2-4-6-11)13-9-12(16(17)18)7-8-14(13)15;/h5,7-9H,1-4,6,15H2;1H4. The van der Waals surface area contributed by atoms with Crippen LogP contribution in [-0.2, 0) is 0 Å². The van der Waals surface area contributed by atoms with Gasteiger partial charge >= 0.3 is 0 Å². The highest BCUT2D eigenvalue weighted by atomic mass is 16.6. The Kier molecular flexibility index (Phi) is 4.87. The number of allylic oxidation sites excluding steroid dienone is 3. The molecular weight excluding hydrogens is 240 g/mol. The Bertz CT molecular complexity index is 533. The summed E-state index contributed by atoms with van der Waals surface area (Å²) in [5.41, 5.74) is 9.13. The minimum absolute atomic E-state index is 0. The predicted octanol–water partition coefficient (Wildman–Crippen LogP) is 4.33. The van der Waals surface area contributed by atoms with E-state index in [2.05, 4.69) is 12.7 Å². The minimum Gasteiger partial charge on any atom is -0.398 e. The molecule has 0 bridgehead atoms. The number of hydrogen-bond acceptors (Lipinski definition) is 3. The van der Waals surface area contributed by atoms with Gasteiger partial charge in [0.15, 0.2) is 0 Å². The predicted molar refractivity (Wildman–Crippen MR) is 79.8 cm³/mol. The van der Waals surface area contributed by atoms with Gasteiger partial charge in [-0.05, 0) is 42.9 Å². The summed E-state index contributed by atoms with van der Waals surface area (Å²) in [4.78, 5) is 10.4. The summed E-state index contributed by atoms with van der Waals surface area (Å²) in [6, 6.07) is 4.50. The van der Waals surface area contributed by atoms with Crippen molar-refractivity contribution in [3.8, 4) is 0 Å². The summed E-state index contributed by atoms with van der Waals surface area (Å²) in [7, 11) is 0. The number of nitro benzene ring substituents is 1. The van der Waals surface area contributed by atoms with Crippen LogP contribution >= 0.6 is 0 Å². The van der Waals surface area contributed by atoms with Crippen molar-refractivity contribution in [3.63, 3.8) is 0 Å². The second kappa shape index (κ2) is 6.18. The number of rotatable bonds is 3. The maximum absolute atomic E-state index is 10.8. The van der Waals surface area contributed by atoms with E-state index < -0.39 is 4.92 Å². The highest BCUT2D eigenvalue weighted by molar-refractivity contribution is 5.84. The van der Waals surface area contributed by atoms with Crippen LogP contribution in [-0.4, -0.2) is 4.92 Å². The number of nitrogens with two attached hydrogens (primary N) is 1. The number of nitrogen functional groups attached to an aromatic ring is 1. The van der Waals surface area contributed by atoms with Gasteiger partial charge in [0.25, 0.3) is 5.69 Å². The van der Waals surface area contributed by atoms with Gasteiger partial charge < -0.3 is 5.73 Å². The van der Waals surface area contributed by atoms with Crippen molar-refractivity contribution >= 4 is 16.9 Å². The lowest BCUT2D eigenvalue weighted by Gasteiger charge is -2.16. The molecule has 0 amide bonds. The molecule has 0 radical (unpaired) electrons. The number of benzene rings is 1. The van der Waals surface area contributed by atoms with Crippen molar-refractivity contribution < 1.29 is 4.92 Å². The van der Waals surface area contributed by atoms with Gasteiger partial charge in [-0.25, -0.2) is 0 Å². The van der Waals surface area contributed by atoms with E-state index in [9.17, 15) is 10.1 Å². The first-order chi connectivity index (χ1) is 8.59. The second-order valence-electron chi connectivity index (χ2n) is 4.48. The SMILES string of the molecule is C.C=C(C1=CCCCC1)c1cc([N+](=O)[O-])ccc1N. The van der Waals surface area contributed by atoms with E-state index in [0.29, 0.717) is 11.3 Å². The topological polar surface area (TPSA) is 69.2 Å². The summed E-state index contributed by atoms with van der Waals surface area (Å²) >= 11 is 0. The zero-order valence-electron chi connectivity index (χ0n) is 10.2. The van der Waals surface area contributed by atoms with Gasteiger partial charge in [0, 0.05) is 23.4 Å². The van der Waals surface area contributed by atoms with Crippen LogP contribution in [0, 0.1) is 10.1 Å². The molecule has 0 aliphatic heterocycles. The Hall–Kier alpha value is -2.10. The molecule has 0 saturated heterocycles. The van der Waals surface area contributed by atoms with Gasteiger partial charge in [-0.2, -0.15) is 0 Å². The smallest absolute Gasteiger partial charge is 0.270 e. The molecule has 0 saturated carbocycles. The average Bonchev–Trinajstić information content (AvgIpc) is 2.39. The van der Waals surface area contributed by atoms with Gasteiger partial charge in [0.1, 0.15) is 0 Å². The molecule has 1 aromatic rings. The number of anilines is 1. The molecule has 0 fully saturated rings. The van der Waals surface area contributed by atoms with Gasteiger partial charge in [-0.1, -0.05) is 20.1 Å². The zero-order chi connectivity index (χ0) is 13.1. The van der Waals surface area contributed by atoms with E-state index >= 15 is 0 Å². The monoisotopic (exact) mass is 260 g/mol. The Morgan fingerprint density at radius 2 is 2.11 bits per heavy atom. The largest absolute Gasteiger partial charge is 0.398 e. The second-order valence-corrected chi connectivity index (χ2v) is 4.48. The maximum atomic E-state index is 10.8. The maximum Gasteiger partial charge on any atom is 0.270 e. The molecule has 1 aliphatic rings. The molecule has 0 spiro atoms. The van der Waals surface area contributed by atoms with Crippen LogP contribution in [0.4, 0.5) is 11.4 Å². The Morgan fingerprint density at radius 1 is 1.37 bits per heavy atom. The molecular formula is C15H20N2O2. The molecule has 0 atom stereocenters. The summed E-state index contributed by atoms with van der Waals surface area (Å²) in [6.45, 7) is 4.04. The molecule has 102 valence electrons. The van der Waals surface area contributed by atoms with E-state index in [1.54, 1.807) is 6.07 Å². The van der Waals surface area contributed by atoms with Crippen LogP contribution in [0.2, 0.25) is 0 Å². The van der Waals surface area contributed by atoms with Gasteiger partial charge in [0.05, 0.1) is 4.92 Å². The van der Waals surface area contributed by atoms with Crippen molar-refractivity contribution in [3.05, 3.63) is 52.1 Å². The third-order valence-electron chi connectivity index (χ3n) is 3.25. The van der Waals surface area contributed by atoms with Crippen molar-refractivity contribution in [2.45, 2.75) is 33.1 Å². The van der Waals surface area contributed by atoms with Gasteiger partial charge in [-0.3, -0.25) is 10.1 Å². The first-order valence-corrected chi connectivity index (χ1v) is 6.02. The Morgan fingerprint density at radius 3 is 2.68 bits per heavy atom. The fourth-order valence-corrected chi connectivity index (χ4v) is 2.20. The van der Waals surface area contributed by atoms with Crippen LogP contribution in [0.3, 0.4) is 0 Å². The summed E-state index contributed by atoms with van der Waals surface area (Å²) in [5.74, 6) is 0. The van der Waals surface area contributed by atoms with E-state index in [-0.39, 0.29) is 13.1 Å². The molecule has 0 aromatic heterocycles. The van der Waals surface area contributed by atoms with Crippen LogP contribution in [0.1, 0.15) is 38.7 Å². The number of non-ortho nitro benzene ring substituents is 1. The number of nitro groups is 1. The van der Waals surface area contributed by atoms with Crippen LogP contribution < -0.4 is 5.73 Å². The molecule has 1 aromatic carbocycles. The molecule has 4 nitrogen and oxygen atoms in total. The van der Waals surface area contributed by atoms with Crippen molar-refractivity contribution in [2.24, 2.45) is 0 Å². The molecule has 2 N–H and O–H groups in total. The fourth-order valence-electron chi connectivity index (χ4n) is 2.20.